The molecule has 0 aromatic carbocycles. The van der Waals surface area contributed by atoms with Gasteiger partial charge in [0.2, 0.25) is 0 Å². The van der Waals surface area contributed by atoms with Crippen LogP contribution in [0, 0.1) is 11.8 Å². The van der Waals surface area contributed by atoms with Crippen molar-refractivity contribution in [3.8, 4) is 0 Å². The van der Waals surface area contributed by atoms with Crippen molar-refractivity contribution in [1.82, 2.24) is 0 Å². The molecule has 0 N–H and O–H groups in total. The van der Waals surface area contributed by atoms with E-state index in [0.717, 1.165) is 6.16 Å². The molecule has 0 bridgehead atoms. The van der Waals surface area contributed by atoms with Crippen LogP contribution in [0.25, 0.3) is 0 Å². The van der Waals surface area contributed by atoms with Crippen molar-refractivity contribution in [2.24, 2.45) is 11.8 Å². The molecule has 54 valence electrons. The van der Waals surface area contributed by atoms with Gasteiger partial charge in [-0.15, -0.1) is 0 Å². The summed E-state index contributed by atoms with van der Waals surface area (Å²) in [4.78, 5) is 0. The zero-order chi connectivity index (χ0) is 7.44. The van der Waals surface area contributed by atoms with Crippen LogP contribution in [0.5, 0.6) is 0 Å². The Morgan fingerprint density at radius 3 is 1.89 bits per heavy atom. The number of rotatable bonds is 3. The molecule has 2 heteroatoms. The Hall–Kier alpha value is 0.100. The molecule has 0 saturated carbocycles. The summed E-state index contributed by atoms with van der Waals surface area (Å²) in [5.74, 6) is 1.28. The lowest BCUT2D eigenvalue weighted by Gasteiger charge is -2.07. The lowest BCUT2D eigenvalue weighted by atomic mass is 10.0. The van der Waals surface area contributed by atoms with Crippen LogP contribution >= 0.6 is 7.80 Å². The van der Waals surface area contributed by atoms with Crippen molar-refractivity contribution in [2.45, 2.75) is 20.8 Å². The van der Waals surface area contributed by atoms with Crippen molar-refractivity contribution in [3.63, 3.8) is 0 Å². The third-order valence-electron chi connectivity index (χ3n) is 1.68. The first-order valence-electron chi connectivity index (χ1n) is 3.42. The smallest absolute Gasteiger partial charge is 0.0752 e. The molecule has 0 rings (SSSR count). The monoisotopic (exact) mass is 147 g/mol. The molecule has 0 fully saturated rings. The summed E-state index contributed by atoms with van der Waals surface area (Å²) >= 11 is 0. The first-order chi connectivity index (χ1) is 4.04. The lowest BCUT2D eigenvalue weighted by molar-refractivity contribution is 0.456. The first-order valence-corrected chi connectivity index (χ1v) is 5.31. The molecule has 2 unspecified atom stereocenters. The zero-order valence-corrected chi connectivity index (χ0v) is 7.61. The minimum absolute atomic E-state index is 0.610. The van der Waals surface area contributed by atoms with Gasteiger partial charge in [-0.1, -0.05) is 25.3 Å². The fourth-order valence-electron chi connectivity index (χ4n) is 0.616. The van der Waals surface area contributed by atoms with E-state index in [1.807, 2.05) is 0 Å². The van der Waals surface area contributed by atoms with Gasteiger partial charge in [-0.05, 0) is 5.92 Å². The van der Waals surface area contributed by atoms with Crippen molar-refractivity contribution in [3.05, 3.63) is 0 Å². The molecule has 0 aliphatic carbocycles. The van der Waals surface area contributed by atoms with Crippen molar-refractivity contribution in [2.75, 3.05) is 12.8 Å². The highest BCUT2D eigenvalue weighted by Gasteiger charge is 2.15. The average molecular weight is 147 g/mol. The van der Waals surface area contributed by atoms with E-state index in [1.165, 1.54) is 0 Å². The SMILES string of the molecule is CC(C)C(C)C[P+](C)=O. The lowest BCUT2D eigenvalue weighted by Crippen LogP contribution is -2.05. The minimum Gasteiger partial charge on any atom is -0.0752 e. The van der Waals surface area contributed by atoms with Crippen LogP contribution in [0.1, 0.15) is 20.8 Å². The van der Waals surface area contributed by atoms with E-state index in [1.54, 1.807) is 6.66 Å². The molecule has 0 heterocycles. The van der Waals surface area contributed by atoms with Gasteiger partial charge in [-0.25, -0.2) is 0 Å². The van der Waals surface area contributed by atoms with Gasteiger partial charge in [0, 0.05) is 5.92 Å². The van der Waals surface area contributed by atoms with Crippen LogP contribution in [0.3, 0.4) is 0 Å². The van der Waals surface area contributed by atoms with E-state index in [0.29, 0.717) is 11.8 Å². The molecule has 0 amide bonds. The van der Waals surface area contributed by atoms with Crippen molar-refractivity contribution < 1.29 is 4.57 Å². The van der Waals surface area contributed by atoms with Crippen LogP contribution in [-0.2, 0) is 4.57 Å². The third kappa shape index (κ3) is 4.59. The zero-order valence-electron chi connectivity index (χ0n) is 6.72. The summed E-state index contributed by atoms with van der Waals surface area (Å²) < 4.78 is 10.7. The Kier molecular flexibility index (Phi) is 4.05. The molecule has 0 aliphatic rings. The van der Waals surface area contributed by atoms with E-state index in [4.69, 9.17) is 0 Å². The van der Waals surface area contributed by atoms with Gasteiger partial charge in [0.1, 0.15) is 12.8 Å². The highest BCUT2D eigenvalue weighted by atomic mass is 31.1. The van der Waals surface area contributed by atoms with E-state index >= 15 is 0 Å². The highest BCUT2D eigenvalue weighted by Crippen LogP contribution is 2.22. The molecule has 0 aliphatic heterocycles. The summed E-state index contributed by atoms with van der Waals surface area (Å²) in [5, 5.41) is 0. The maximum atomic E-state index is 10.7. The van der Waals surface area contributed by atoms with Crippen LogP contribution in [0.15, 0.2) is 0 Å². The summed E-state index contributed by atoms with van der Waals surface area (Å²) in [6.45, 7) is 8.29. The predicted molar refractivity (Wildman–Crippen MR) is 42.4 cm³/mol. The quantitative estimate of drug-likeness (QED) is 0.561. The summed E-state index contributed by atoms with van der Waals surface area (Å²) in [6.07, 6.45) is 0.882. The standard InChI is InChI=1S/C7H16OP/c1-6(2)7(3)5-9(4)8/h6-7H,5H2,1-4H3/q+1. The van der Waals surface area contributed by atoms with Gasteiger partial charge in [-0.2, -0.15) is 0 Å². The van der Waals surface area contributed by atoms with Crippen molar-refractivity contribution in [1.29, 1.82) is 0 Å². The highest BCUT2D eigenvalue weighted by molar-refractivity contribution is 7.43. The Balaban J connectivity index is 3.50. The molecule has 0 aromatic rings. The number of hydrogen-bond donors (Lipinski definition) is 0. The molecule has 9 heavy (non-hydrogen) atoms. The van der Waals surface area contributed by atoms with Crippen molar-refractivity contribution >= 4 is 7.80 Å². The molecular formula is C7H16OP+. The van der Waals surface area contributed by atoms with E-state index in [2.05, 4.69) is 20.8 Å². The van der Waals surface area contributed by atoms with Gasteiger partial charge in [-0.3, -0.25) is 0 Å². The molecule has 0 saturated heterocycles. The van der Waals surface area contributed by atoms with Gasteiger partial charge >= 0.3 is 7.80 Å². The molecule has 0 spiro atoms. The maximum Gasteiger partial charge on any atom is 0.335 e. The molecule has 2 atom stereocenters. The van der Waals surface area contributed by atoms with E-state index in [-0.39, 0.29) is 0 Å². The van der Waals surface area contributed by atoms with Crippen LogP contribution in [0.4, 0.5) is 0 Å². The van der Waals surface area contributed by atoms with Gasteiger partial charge in [0.25, 0.3) is 0 Å². The fourth-order valence-corrected chi connectivity index (χ4v) is 1.85. The summed E-state index contributed by atoms with van der Waals surface area (Å²) in [5.41, 5.74) is 0. The van der Waals surface area contributed by atoms with Gasteiger partial charge < -0.3 is 0 Å². The van der Waals surface area contributed by atoms with Crippen LogP contribution in [-0.4, -0.2) is 12.8 Å². The molecule has 0 radical (unpaired) electrons. The second kappa shape index (κ2) is 4.00. The third-order valence-corrected chi connectivity index (χ3v) is 2.77. The summed E-state index contributed by atoms with van der Waals surface area (Å²) in [7, 11) is -0.922. The average Bonchev–Trinajstić information content (AvgIpc) is 1.63. The molecule has 1 nitrogen and oxygen atoms in total. The fraction of sp³-hybridized carbons (Fsp3) is 1.00. The second-order valence-electron chi connectivity index (χ2n) is 3.03. The normalized spacial score (nSPS) is 15.9. The van der Waals surface area contributed by atoms with Crippen LogP contribution in [0.2, 0.25) is 0 Å². The number of hydrogen-bond acceptors (Lipinski definition) is 1. The van der Waals surface area contributed by atoms with E-state index < -0.39 is 7.80 Å². The van der Waals surface area contributed by atoms with Gasteiger partial charge in [0.05, 0.1) is 0 Å². The minimum atomic E-state index is -0.922. The Morgan fingerprint density at radius 2 is 1.78 bits per heavy atom. The largest absolute Gasteiger partial charge is 0.335 e. The second-order valence-corrected chi connectivity index (χ2v) is 4.65. The van der Waals surface area contributed by atoms with E-state index in [9.17, 15) is 4.57 Å². The Morgan fingerprint density at radius 1 is 1.33 bits per heavy atom. The maximum absolute atomic E-state index is 10.7. The Labute approximate surface area is 58.6 Å². The first kappa shape index (κ1) is 9.10. The summed E-state index contributed by atoms with van der Waals surface area (Å²) in [6, 6.07) is 0. The predicted octanol–water partition coefficient (Wildman–Crippen LogP) is 2.74. The van der Waals surface area contributed by atoms with Gasteiger partial charge in [0.15, 0.2) is 0 Å². The Bertz CT molecular complexity index is 99.1. The molecular weight excluding hydrogens is 131 g/mol. The van der Waals surface area contributed by atoms with Crippen LogP contribution < -0.4 is 0 Å². The molecule has 0 aromatic heterocycles. The topological polar surface area (TPSA) is 17.1 Å².